The zero-order valence-electron chi connectivity index (χ0n) is 13.5. The van der Waals surface area contributed by atoms with Crippen LogP contribution < -0.4 is 0 Å². The molecule has 1 atom stereocenters. The SMILES string of the molecule is CC(OC1CCCCCC1)C(=O)N(CCC(=O)O)C(C)C. The zero-order valence-corrected chi connectivity index (χ0v) is 13.5. The van der Waals surface area contributed by atoms with Gasteiger partial charge in [0.2, 0.25) is 0 Å². The third-order valence-corrected chi connectivity index (χ3v) is 4.02. The van der Waals surface area contributed by atoms with Crippen molar-refractivity contribution < 1.29 is 19.4 Å². The zero-order chi connectivity index (χ0) is 15.8. The average Bonchev–Trinajstić information content (AvgIpc) is 2.66. The molecule has 1 aliphatic carbocycles. The van der Waals surface area contributed by atoms with Gasteiger partial charge in [0.25, 0.3) is 5.91 Å². The first-order valence-electron chi connectivity index (χ1n) is 8.09. The van der Waals surface area contributed by atoms with E-state index in [2.05, 4.69) is 0 Å². The van der Waals surface area contributed by atoms with Gasteiger partial charge in [-0.3, -0.25) is 9.59 Å². The van der Waals surface area contributed by atoms with E-state index in [1.807, 2.05) is 13.8 Å². The van der Waals surface area contributed by atoms with E-state index in [1.54, 1.807) is 11.8 Å². The normalized spacial score (nSPS) is 18.3. The summed E-state index contributed by atoms with van der Waals surface area (Å²) in [6.45, 7) is 5.82. The molecule has 1 aliphatic rings. The fourth-order valence-corrected chi connectivity index (χ4v) is 2.80. The summed E-state index contributed by atoms with van der Waals surface area (Å²) in [7, 11) is 0. The minimum Gasteiger partial charge on any atom is -0.481 e. The molecule has 0 saturated heterocycles. The quantitative estimate of drug-likeness (QED) is 0.734. The van der Waals surface area contributed by atoms with E-state index in [0.29, 0.717) is 0 Å². The summed E-state index contributed by atoms with van der Waals surface area (Å²) in [6, 6.07) is -0.0166. The van der Waals surface area contributed by atoms with Crippen LogP contribution >= 0.6 is 0 Å². The number of ether oxygens (including phenoxy) is 1. The molecule has 0 radical (unpaired) electrons. The van der Waals surface area contributed by atoms with Crippen LogP contribution in [-0.4, -0.2) is 46.7 Å². The Hall–Kier alpha value is -1.10. The molecule has 21 heavy (non-hydrogen) atoms. The van der Waals surface area contributed by atoms with Gasteiger partial charge >= 0.3 is 5.97 Å². The molecule has 5 nitrogen and oxygen atoms in total. The van der Waals surface area contributed by atoms with E-state index in [4.69, 9.17) is 9.84 Å². The Balaban J connectivity index is 2.53. The van der Waals surface area contributed by atoms with Crippen molar-refractivity contribution in [3.05, 3.63) is 0 Å². The number of amides is 1. The van der Waals surface area contributed by atoms with Crippen molar-refractivity contribution in [1.82, 2.24) is 4.90 Å². The fraction of sp³-hybridized carbons (Fsp3) is 0.875. The van der Waals surface area contributed by atoms with Crippen molar-refractivity contribution in [2.75, 3.05) is 6.54 Å². The molecule has 0 aliphatic heterocycles. The van der Waals surface area contributed by atoms with E-state index < -0.39 is 12.1 Å². The second-order valence-electron chi connectivity index (χ2n) is 6.16. The predicted octanol–water partition coefficient (Wildman–Crippen LogP) is 2.83. The standard InChI is InChI=1S/C16H29NO4/c1-12(2)17(11-10-15(18)19)16(20)13(3)21-14-8-6-4-5-7-9-14/h12-14H,4-11H2,1-3H3,(H,18,19). The number of hydrogen-bond acceptors (Lipinski definition) is 3. The summed E-state index contributed by atoms with van der Waals surface area (Å²) >= 11 is 0. The molecule has 5 heteroatoms. The number of rotatable bonds is 7. The lowest BCUT2D eigenvalue weighted by Gasteiger charge is -2.30. The van der Waals surface area contributed by atoms with E-state index in [0.717, 1.165) is 12.8 Å². The van der Waals surface area contributed by atoms with Gasteiger partial charge in [0.05, 0.1) is 12.5 Å². The average molecular weight is 299 g/mol. The summed E-state index contributed by atoms with van der Waals surface area (Å²) in [5, 5.41) is 8.79. The largest absolute Gasteiger partial charge is 0.481 e. The van der Waals surface area contributed by atoms with Crippen molar-refractivity contribution >= 4 is 11.9 Å². The van der Waals surface area contributed by atoms with Crippen LogP contribution in [0.5, 0.6) is 0 Å². The molecule has 1 unspecified atom stereocenters. The van der Waals surface area contributed by atoms with E-state index in [9.17, 15) is 9.59 Å². The highest BCUT2D eigenvalue weighted by molar-refractivity contribution is 5.81. The maximum Gasteiger partial charge on any atom is 0.305 e. The monoisotopic (exact) mass is 299 g/mol. The first kappa shape index (κ1) is 18.0. The van der Waals surface area contributed by atoms with E-state index in [-0.39, 0.29) is 31.0 Å². The van der Waals surface area contributed by atoms with Crippen LogP contribution in [0.4, 0.5) is 0 Å². The topological polar surface area (TPSA) is 66.8 Å². The molecular formula is C16H29NO4. The van der Waals surface area contributed by atoms with Crippen molar-refractivity contribution in [2.45, 2.75) is 84.0 Å². The Morgan fingerprint density at radius 1 is 1.14 bits per heavy atom. The van der Waals surface area contributed by atoms with Crippen molar-refractivity contribution in [3.63, 3.8) is 0 Å². The van der Waals surface area contributed by atoms with Gasteiger partial charge in [-0.05, 0) is 33.6 Å². The maximum absolute atomic E-state index is 12.5. The minimum absolute atomic E-state index is 0.0166. The lowest BCUT2D eigenvalue weighted by Crippen LogP contribution is -2.45. The van der Waals surface area contributed by atoms with Gasteiger partial charge in [0.1, 0.15) is 6.10 Å². The van der Waals surface area contributed by atoms with E-state index >= 15 is 0 Å². The van der Waals surface area contributed by atoms with Crippen LogP contribution in [0.3, 0.4) is 0 Å². The molecule has 1 fully saturated rings. The number of carboxylic acids is 1. The Bertz CT molecular complexity index is 335. The summed E-state index contributed by atoms with van der Waals surface area (Å²) in [4.78, 5) is 24.8. The number of aliphatic carboxylic acids is 1. The predicted molar refractivity (Wildman–Crippen MR) is 81.1 cm³/mol. The molecule has 1 saturated carbocycles. The number of carbonyl (C=O) groups is 2. The van der Waals surface area contributed by atoms with Crippen LogP contribution in [-0.2, 0) is 14.3 Å². The molecule has 122 valence electrons. The van der Waals surface area contributed by atoms with Gasteiger partial charge in [0.15, 0.2) is 0 Å². The van der Waals surface area contributed by atoms with Crippen LogP contribution in [0.15, 0.2) is 0 Å². The highest BCUT2D eigenvalue weighted by atomic mass is 16.5. The Kier molecular flexibility index (Phi) is 7.72. The van der Waals surface area contributed by atoms with Gasteiger partial charge < -0.3 is 14.7 Å². The van der Waals surface area contributed by atoms with Gasteiger partial charge in [-0.15, -0.1) is 0 Å². The maximum atomic E-state index is 12.5. The molecule has 0 bridgehead atoms. The number of nitrogens with zero attached hydrogens (tertiary/aromatic N) is 1. The molecule has 0 aromatic heterocycles. The van der Waals surface area contributed by atoms with Crippen molar-refractivity contribution in [3.8, 4) is 0 Å². The van der Waals surface area contributed by atoms with Crippen LogP contribution in [0.1, 0.15) is 65.7 Å². The first-order valence-corrected chi connectivity index (χ1v) is 8.09. The summed E-state index contributed by atoms with van der Waals surface area (Å²) in [5.41, 5.74) is 0. The van der Waals surface area contributed by atoms with Gasteiger partial charge in [0, 0.05) is 12.6 Å². The Labute approximate surface area is 127 Å². The smallest absolute Gasteiger partial charge is 0.305 e. The minimum atomic E-state index is -0.884. The van der Waals surface area contributed by atoms with Crippen LogP contribution in [0.2, 0.25) is 0 Å². The number of carbonyl (C=O) groups excluding carboxylic acids is 1. The second kappa shape index (κ2) is 9.03. The molecule has 0 heterocycles. The van der Waals surface area contributed by atoms with Crippen molar-refractivity contribution in [2.24, 2.45) is 0 Å². The highest BCUT2D eigenvalue weighted by Gasteiger charge is 2.26. The third kappa shape index (κ3) is 6.46. The Morgan fingerprint density at radius 3 is 2.19 bits per heavy atom. The fourth-order valence-electron chi connectivity index (χ4n) is 2.80. The number of carboxylic acid groups (broad SMARTS) is 1. The molecule has 0 aromatic carbocycles. The molecule has 1 rings (SSSR count). The van der Waals surface area contributed by atoms with Crippen LogP contribution in [0, 0.1) is 0 Å². The number of hydrogen-bond donors (Lipinski definition) is 1. The van der Waals surface area contributed by atoms with Gasteiger partial charge in [-0.25, -0.2) is 0 Å². The van der Waals surface area contributed by atoms with E-state index in [1.165, 1.54) is 25.7 Å². The lowest BCUT2D eigenvalue weighted by atomic mass is 10.1. The van der Waals surface area contributed by atoms with Crippen molar-refractivity contribution in [1.29, 1.82) is 0 Å². The van der Waals surface area contributed by atoms with Gasteiger partial charge in [-0.2, -0.15) is 0 Å². The second-order valence-corrected chi connectivity index (χ2v) is 6.16. The lowest BCUT2D eigenvalue weighted by molar-refractivity contribution is -0.149. The molecule has 1 amide bonds. The molecular weight excluding hydrogens is 270 g/mol. The Morgan fingerprint density at radius 2 is 1.71 bits per heavy atom. The highest BCUT2D eigenvalue weighted by Crippen LogP contribution is 2.21. The first-order chi connectivity index (χ1) is 9.91. The van der Waals surface area contributed by atoms with Crippen LogP contribution in [0.25, 0.3) is 0 Å². The summed E-state index contributed by atoms with van der Waals surface area (Å²) in [5.74, 6) is -0.985. The summed E-state index contributed by atoms with van der Waals surface area (Å²) in [6.07, 6.45) is 6.52. The third-order valence-electron chi connectivity index (χ3n) is 4.02. The van der Waals surface area contributed by atoms with Gasteiger partial charge in [-0.1, -0.05) is 25.7 Å². The molecule has 0 spiro atoms. The summed E-state index contributed by atoms with van der Waals surface area (Å²) < 4.78 is 5.93. The molecule has 0 aromatic rings. The molecule has 1 N–H and O–H groups in total.